The molecule has 30 heavy (non-hydrogen) atoms. The van der Waals surface area contributed by atoms with E-state index in [0.29, 0.717) is 12.2 Å². The molecule has 0 aromatic carbocycles. The van der Waals surface area contributed by atoms with Gasteiger partial charge in [0.15, 0.2) is 5.69 Å². The Balaban J connectivity index is 1.49. The zero-order valence-corrected chi connectivity index (χ0v) is 18.1. The van der Waals surface area contributed by atoms with Crippen LogP contribution in [0.4, 0.5) is 0 Å². The summed E-state index contributed by atoms with van der Waals surface area (Å²) in [4.78, 5) is 41.1. The van der Waals surface area contributed by atoms with Gasteiger partial charge < -0.3 is 15.5 Å². The van der Waals surface area contributed by atoms with E-state index < -0.39 is 5.54 Å². The summed E-state index contributed by atoms with van der Waals surface area (Å²) in [6.45, 7) is 2.37. The Kier molecular flexibility index (Phi) is 5.64. The molecule has 9 heteroatoms. The first-order valence-electron chi connectivity index (χ1n) is 10.4. The topological polar surface area (TPSA) is 96.3 Å². The van der Waals surface area contributed by atoms with Crippen LogP contribution in [0.2, 0.25) is 0 Å². The molecule has 0 spiro atoms. The first-order chi connectivity index (χ1) is 14.4. The van der Waals surface area contributed by atoms with Crippen LogP contribution in [0.5, 0.6) is 0 Å². The minimum Gasteiger partial charge on any atom is -0.351 e. The van der Waals surface area contributed by atoms with Crippen LogP contribution < -0.4 is 10.6 Å². The van der Waals surface area contributed by atoms with Gasteiger partial charge in [0, 0.05) is 24.0 Å². The van der Waals surface area contributed by atoms with Crippen LogP contribution in [0.25, 0.3) is 0 Å². The lowest BCUT2D eigenvalue weighted by molar-refractivity contribution is -0.133. The second-order valence-corrected chi connectivity index (χ2v) is 9.31. The third-order valence-electron chi connectivity index (χ3n) is 6.17. The van der Waals surface area contributed by atoms with Gasteiger partial charge in [-0.05, 0) is 31.2 Å². The van der Waals surface area contributed by atoms with Crippen molar-refractivity contribution >= 4 is 29.1 Å². The van der Waals surface area contributed by atoms with Gasteiger partial charge in [-0.15, -0.1) is 11.3 Å². The smallest absolute Gasteiger partial charge is 0.272 e. The number of hydrogen-bond acceptors (Lipinski definition) is 5. The molecule has 2 aromatic heterocycles. The van der Waals surface area contributed by atoms with Crippen LogP contribution in [-0.4, -0.2) is 51.0 Å². The van der Waals surface area contributed by atoms with Gasteiger partial charge in [-0.2, -0.15) is 5.10 Å². The van der Waals surface area contributed by atoms with E-state index in [1.807, 2.05) is 17.5 Å². The van der Waals surface area contributed by atoms with E-state index >= 15 is 0 Å². The van der Waals surface area contributed by atoms with Crippen LogP contribution in [0.15, 0.2) is 23.6 Å². The SMILES string of the molecule is CN1C(=O)c2cc(C(=O)NCc3cccs3)nn2CC1(C)C(=O)NC1CCCCC1. The molecule has 8 nitrogen and oxygen atoms in total. The molecular weight excluding hydrogens is 402 g/mol. The number of nitrogens with one attached hydrogen (secondary N) is 2. The maximum atomic E-state index is 13.1. The number of fused-ring (bicyclic) bond motifs is 1. The van der Waals surface area contributed by atoms with Gasteiger partial charge in [0.25, 0.3) is 11.8 Å². The molecule has 0 bridgehead atoms. The number of hydrogen-bond donors (Lipinski definition) is 2. The minimum absolute atomic E-state index is 0.157. The molecule has 2 aliphatic rings. The Bertz CT molecular complexity index is 948. The second-order valence-electron chi connectivity index (χ2n) is 8.28. The minimum atomic E-state index is -1.06. The number of rotatable bonds is 5. The van der Waals surface area contributed by atoms with Crippen LogP contribution >= 0.6 is 11.3 Å². The molecule has 1 atom stereocenters. The predicted octanol–water partition coefficient (Wildman–Crippen LogP) is 2.17. The van der Waals surface area contributed by atoms with Gasteiger partial charge in [-0.1, -0.05) is 25.3 Å². The lowest BCUT2D eigenvalue weighted by atomic mass is 9.92. The zero-order valence-electron chi connectivity index (χ0n) is 17.3. The highest BCUT2D eigenvalue weighted by atomic mass is 32.1. The fourth-order valence-electron chi connectivity index (χ4n) is 4.10. The predicted molar refractivity (Wildman–Crippen MR) is 113 cm³/mol. The lowest BCUT2D eigenvalue weighted by Gasteiger charge is -2.41. The molecule has 1 fully saturated rings. The fourth-order valence-corrected chi connectivity index (χ4v) is 4.74. The van der Waals surface area contributed by atoms with Crippen LogP contribution in [-0.2, 0) is 17.9 Å². The van der Waals surface area contributed by atoms with E-state index in [1.54, 1.807) is 25.3 Å². The average molecular weight is 430 g/mol. The molecule has 1 aliphatic heterocycles. The molecule has 1 saturated carbocycles. The molecule has 1 unspecified atom stereocenters. The molecule has 4 rings (SSSR count). The van der Waals surface area contributed by atoms with Crippen molar-refractivity contribution in [2.75, 3.05) is 7.05 Å². The average Bonchev–Trinajstić information content (AvgIpc) is 3.41. The number of amides is 3. The van der Waals surface area contributed by atoms with Gasteiger partial charge in [-0.3, -0.25) is 19.1 Å². The van der Waals surface area contributed by atoms with E-state index in [-0.39, 0.29) is 36.0 Å². The first-order valence-corrected chi connectivity index (χ1v) is 11.2. The van der Waals surface area contributed by atoms with E-state index in [0.717, 1.165) is 30.6 Å². The second kappa shape index (κ2) is 8.22. The number of carbonyl (C=O) groups excluding carboxylic acids is 3. The molecule has 3 heterocycles. The van der Waals surface area contributed by atoms with E-state index in [4.69, 9.17) is 0 Å². The van der Waals surface area contributed by atoms with Gasteiger partial charge in [-0.25, -0.2) is 0 Å². The maximum absolute atomic E-state index is 13.1. The fraction of sp³-hybridized carbons (Fsp3) is 0.524. The van der Waals surface area contributed by atoms with E-state index in [1.165, 1.54) is 22.1 Å². The highest BCUT2D eigenvalue weighted by Gasteiger charge is 2.46. The molecule has 1 aliphatic carbocycles. The molecule has 160 valence electrons. The zero-order chi connectivity index (χ0) is 21.3. The molecule has 3 amide bonds. The van der Waals surface area contributed by atoms with Crippen molar-refractivity contribution in [1.82, 2.24) is 25.3 Å². The maximum Gasteiger partial charge on any atom is 0.272 e. The van der Waals surface area contributed by atoms with E-state index in [2.05, 4.69) is 15.7 Å². The summed E-state index contributed by atoms with van der Waals surface area (Å²) in [7, 11) is 1.63. The number of thiophene rings is 1. The van der Waals surface area contributed by atoms with Gasteiger partial charge >= 0.3 is 0 Å². The molecule has 2 N–H and O–H groups in total. The van der Waals surface area contributed by atoms with Crippen LogP contribution in [0.3, 0.4) is 0 Å². The van der Waals surface area contributed by atoms with Gasteiger partial charge in [0.2, 0.25) is 5.91 Å². The standard InChI is InChI=1S/C21H27N5O3S/c1-21(20(29)23-14-7-4-3-5-8-14)13-26-17(19(28)25(21)2)11-16(24-26)18(27)22-12-15-9-6-10-30-15/h6,9-11,14H,3-5,7-8,12-13H2,1-2H3,(H,22,27)(H,23,29). The Morgan fingerprint density at radius 3 is 2.77 bits per heavy atom. The number of aromatic nitrogens is 2. The normalized spacial score (nSPS) is 21.9. The molecule has 2 aromatic rings. The summed E-state index contributed by atoms with van der Waals surface area (Å²) in [5.41, 5.74) is -0.555. The summed E-state index contributed by atoms with van der Waals surface area (Å²) >= 11 is 1.56. The molecule has 0 saturated heterocycles. The summed E-state index contributed by atoms with van der Waals surface area (Å²) in [6, 6.07) is 5.53. The summed E-state index contributed by atoms with van der Waals surface area (Å²) in [6.07, 6.45) is 5.38. The largest absolute Gasteiger partial charge is 0.351 e. The number of likely N-dealkylation sites (N-methyl/N-ethyl adjacent to an activating group) is 1. The van der Waals surface area contributed by atoms with Crippen molar-refractivity contribution in [1.29, 1.82) is 0 Å². The van der Waals surface area contributed by atoms with Crippen molar-refractivity contribution in [3.63, 3.8) is 0 Å². The number of carbonyl (C=O) groups is 3. The lowest BCUT2D eigenvalue weighted by Crippen LogP contribution is -2.63. The van der Waals surface area contributed by atoms with Crippen molar-refractivity contribution in [3.8, 4) is 0 Å². The summed E-state index contributed by atoms with van der Waals surface area (Å²) in [5.74, 6) is -0.823. The van der Waals surface area contributed by atoms with Crippen LogP contribution in [0, 0.1) is 0 Å². The summed E-state index contributed by atoms with van der Waals surface area (Å²) in [5, 5.41) is 12.2. The van der Waals surface area contributed by atoms with Crippen molar-refractivity contribution in [3.05, 3.63) is 39.8 Å². The highest BCUT2D eigenvalue weighted by Crippen LogP contribution is 2.27. The highest BCUT2D eigenvalue weighted by molar-refractivity contribution is 7.09. The Morgan fingerprint density at radius 1 is 1.30 bits per heavy atom. The Morgan fingerprint density at radius 2 is 2.07 bits per heavy atom. The summed E-state index contributed by atoms with van der Waals surface area (Å²) < 4.78 is 1.49. The third kappa shape index (κ3) is 3.86. The first kappa shape index (κ1) is 20.6. The quantitative estimate of drug-likeness (QED) is 0.761. The number of nitrogens with zero attached hydrogens (tertiary/aromatic N) is 3. The Labute approximate surface area is 179 Å². The molecule has 0 radical (unpaired) electrons. The van der Waals surface area contributed by atoms with Gasteiger partial charge in [0.05, 0.1) is 13.1 Å². The van der Waals surface area contributed by atoms with E-state index in [9.17, 15) is 14.4 Å². The monoisotopic (exact) mass is 429 g/mol. The Hall–Kier alpha value is -2.68. The van der Waals surface area contributed by atoms with Crippen molar-refractivity contribution in [2.45, 2.75) is 63.7 Å². The third-order valence-corrected chi connectivity index (χ3v) is 7.04. The van der Waals surface area contributed by atoms with Crippen molar-refractivity contribution < 1.29 is 14.4 Å². The van der Waals surface area contributed by atoms with Gasteiger partial charge in [0.1, 0.15) is 11.2 Å². The van der Waals surface area contributed by atoms with Crippen molar-refractivity contribution in [2.24, 2.45) is 0 Å². The molecular formula is C21H27N5O3S. The van der Waals surface area contributed by atoms with Crippen LogP contribution in [0.1, 0.15) is 64.9 Å².